The van der Waals surface area contributed by atoms with Gasteiger partial charge in [-0.15, -0.1) is 0 Å². The van der Waals surface area contributed by atoms with Crippen LogP contribution in [0.15, 0.2) is 68.9 Å². The molecule has 0 amide bonds. The van der Waals surface area contributed by atoms with E-state index < -0.39 is 9.84 Å². The van der Waals surface area contributed by atoms with E-state index in [4.69, 9.17) is 16.0 Å². The minimum atomic E-state index is -3.81. The Morgan fingerprint density at radius 2 is 1.64 bits per heavy atom. The van der Waals surface area contributed by atoms with Crippen LogP contribution in [0.2, 0.25) is 5.02 Å². The topological polar surface area (TPSA) is 63.4 Å². The van der Waals surface area contributed by atoms with Crippen LogP contribution in [0.3, 0.4) is 0 Å². The van der Waals surface area contributed by atoms with E-state index in [-0.39, 0.29) is 15.8 Å². The Morgan fingerprint density at radius 1 is 0.929 bits per heavy atom. The highest BCUT2D eigenvalue weighted by atomic mass is 35.5. The van der Waals surface area contributed by atoms with Crippen LogP contribution in [0.25, 0.3) is 11.5 Å². The third-order valence-electron chi connectivity index (χ3n) is 4.85. The number of sulfone groups is 1. The predicted molar refractivity (Wildman–Crippen MR) is 110 cm³/mol. The van der Waals surface area contributed by atoms with Gasteiger partial charge in [-0.3, -0.25) is 0 Å². The number of hydrogen-bond donors (Lipinski definition) is 0. The summed E-state index contributed by atoms with van der Waals surface area (Å²) in [6.45, 7) is 1.50. The Kier molecular flexibility index (Phi) is 5.42. The van der Waals surface area contributed by atoms with Gasteiger partial charge in [0.1, 0.15) is 0 Å². The minimum absolute atomic E-state index is 0.0319. The van der Waals surface area contributed by atoms with E-state index in [0.717, 1.165) is 38.8 Å². The van der Waals surface area contributed by atoms with E-state index in [0.29, 0.717) is 16.5 Å². The van der Waals surface area contributed by atoms with Crippen molar-refractivity contribution in [2.75, 3.05) is 18.0 Å². The maximum Gasteiger partial charge on any atom is 0.236 e. The number of rotatable bonds is 4. The average Bonchev–Trinajstić information content (AvgIpc) is 2.99. The van der Waals surface area contributed by atoms with E-state index in [1.165, 1.54) is 0 Å². The number of nitrogens with zero attached hydrogens (tertiary/aromatic N) is 2. The molecule has 5 nitrogen and oxygen atoms in total. The summed E-state index contributed by atoms with van der Waals surface area (Å²) in [6.07, 6.45) is 4.26. The molecule has 4 rings (SSSR count). The predicted octanol–water partition coefficient (Wildman–Crippen LogP) is 5.21. The van der Waals surface area contributed by atoms with Crippen molar-refractivity contribution in [3.8, 4) is 11.5 Å². The molecule has 1 saturated heterocycles. The molecule has 1 aliphatic heterocycles. The van der Waals surface area contributed by atoms with Crippen LogP contribution < -0.4 is 4.90 Å². The van der Waals surface area contributed by atoms with Crippen molar-refractivity contribution in [3.63, 3.8) is 0 Å². The van der Waals surface area contributed by atoms with Crippen LogP contribution in [-0.2, 0) is 9.84 Å². The van der Waals surface area contributed by atoms with Crippen molar-refractivity contribution >= 4 is 27.3 Å². The summed E-state index contributed by atoms with van der Waals surface area (Å²) in [7, 11) is -3.81. The molecule has 0 aliphatic carbocycles. The summed E-state index contributed by atoms with van der Waals surface area (Å²) in [6, 6.07) is 15.4. The molecule has 7 heteroatoms. The van der Waals surface area contributed by atoms with Gasteiger partial charge in [0.25, 0.3) is 0 Å². The fraction of sp³-hybridized carbons (Fsp3) is 0.286. The summed E-state index contributed by atoms with van der Waals surface area (Å²) >= 11 is 6.10. The van der Waals surface area contributed by atoms with Gasteiger partial charge in [0.2, 0.25) is 26.6 Å². The quantitative estimate of drug-likeness (QED) is 0.584. The average molecular weight is 417 g/mol. The molecule has 28 heavy (non-hydrogen) atoms. The molecular weight excluding hydrogens is 396 g/mol. The standard InChI is InChI=1S/C21H21ClN2O3S/c22-17-10-8-9-16(15-17)19-23-20(28(25,26)18-11-4-3-5-12-18)21(27-19)24-13-6-1-2-7-14-24/h3-5,8-12,15H,1-2,6-7,13-14H2. The minimum Gasteiger partial charge on any atom is -0.419 e. The van der Waals surface area contributed by atoms with Crippen molar-refractivity contribution in [3.05, 3.63) is 59.6 Å². The normalized spacial score (nSPS) is 15.4. The monoisotopic (exact) mass is 416 g/mol. The number of oxazole rings is 1. The highest BCUT2D eigenvalue weighted by Crippen LogP contribution is 2.36. The van der Waals surface area contributed by atoms with Crippen molar-refractivity contribution in [1.82, 2.24) is 4.98 Å². The second-order valence-electron chi connectivity index (χ2n) is 6.86. The summed E-state index contributed by atoms with van der Waals surface area (Å²) in [5, 5.41) is 0.509. The van der Waals surface area contributed by atoms with Crippen LogP contribution in [0.5, 0.6) is 0 Å². The van der Waals surface area contributed by atoms with Gasteiger partial charge in [-0.1, -0.05) is 48.7 Å². The third-order valence-corrected chi connectivity index (χ3v) is 6.76. The van der Waals surface area contributed by atoms with Crippen molar-refractivity contribution in [1.29, 1.82) is 0 Å². The molecule has 146 valence electrons. The van der Waals surface area contributed by atoms with Gasteiger partial charge in [-0.05, 0) is 43.2 Å². The maximum absolute atomic E-state index is 13.3. The Balaban J connectivity index is 1.85. The third kappa shape index (κ3) is 3.80. The Hall–Kier alpha value is -2.31. The zero-order valence-corrected chi connectivity index (χ0v) is 16.9. The Bertz CT molecular complexity index is 1060. The first-order chi connectivity index (χ1) is 13.6. The van der Waals surface area contributed by atoms with E-state index in [2.05, 4.69) is 4.98 Å². The number of benzene rings is 2. The van der Waals surface area contributed by atoms with Gasteiger partial charge in [-0.2, -0.15) is 4.98 Å². The Morgan fingerprint density at radius 3 is 2.32 bits per heavy atom. The molecule has 0 bridgehead atoms. The zero-order valence-electron chi connectivity index (χ0n) is 15.3. The van der Waals surface area contributed by atoms with Gasteiger partial charge < -0.3 is 9.32 Å². The first-order valence-corrected chi connectivity index (χ1v) is 11.2. The number of halogens is 1. The molecule has 0 unspecified atom stereocenters. The molecule has 3 aromatic rings. The highest BCUT2D eigenvalue weighted by Gasteiger charge is 2.31. The van der Waals surface area contributed by atoms with Gasteiger partial charge in [0, 0.05) is 23.7 Å². The SMILES string of the molecule is O=S(=O)(c1ccccc1)c1nc(-c2cccc(Cl)c2)oc1N1CCCCCC1. The zero-order chi connectivity index (χ0) is 19.6. The lowest BCUT2D eigenvalue weighted by Crippen LogP contribution is -2.25. The van der Waals surface area contributed by atoms with Gasteiger partial charge in [0.05, 0.1) is 4.90 Å². The summed E-state index contributed by atoms with van der Waals surface area (Å²) < 4.78 is 32.7. The maximum atomic E-state index is 13.3. The largest absolute Gasteiger partial charge is 0.419 e. The summed E-state index contributed by atoms with van der Waals surface area (Å²) in [5.74, 6) is 0.581. The van der Waals surface area contributed by atoms with Crippen LogP contribution in [0, 0.1) is 0 Å². The lowest BCUT2D eigenvalue weighted by Gasteiger charge is -2.20. The molecular formula is C21H21ClN2O3S. The molecule has 1 fully saturated rings. The first kappa shape index (κ1) is 19.0. The molecule has 0 saturated carbocycles. The second kappa shape index (κ2) is 7.97. The lowest BCUT2D eigenvalue weighted by molar-refractivity contribution is 0.543. The number of anilines is 1. The first-order valence-electron chi connectivity index (χ1n) is 9.37. The van der Waals surface area contributed by atoms with Crippen molar-refractivity contribution in [2.24, 2.45) is 0 Å². The molecule has 2 aromatic carbocycles. The van der Waals surface area contributed by atoms with Crippen molar-refractivity contribution in [2.45, 2.75) is 35.6 Å². The van der Waals surface area contributed by atoms with Crippen LogP contribution in [0.4, 0.5) is 5.88 Å². The smallest absolute Gasteiger partial charge is 0.236 e. The molecule has 0 atom stereocenters. The van der Waals surface area contributed by atoms with E-state index in [9.17, 15) is 8.42 Å². The molecule has 0 N–H and O–H groups in total. The molecule has 2 heterocycles. The fourth-order valence-electron chi connectivity index (χ4n) is 3.40. The second-order valence-corrected chi connectivity index (χ2v) is 9.16. The van der Waals surface area contributed by atoms with E-state index >= 15 is 0 Å². The van der Waals surface area contributed by atoms with Gasteiger partial charge >= 0.3 is 0 Å². The highest BCUT2D eigenvalue weighted by molar-refractivity contribution is 7.91. The number of hydrogen-bond acceptors (Lipinski definition) is 5. The fourth-order valence-corrected chi connectivity index (χ4v) is 4.94. The van der Waals surface area contributed by atoms with E-state index in [1.807, 2.05) is 11.0 Å². The van der Waals surface area contributed by atoms with Gasteiger partial charge in [0.15, 0.2) is 0 Å². The molecule has 1 aliphatic rings. The van der Waals surface area contributed by atoms with Crippen LogP contribution >= 0.6 is 11.6 Å². The lowest BCUT2D eigenvalue weighted by atomic mass is 10.2. The summed E-state index contributed by atoms with van der Waals surface area (Å²) in [4.78, 5) is 6.63. The number of aromatic nitrogens is 1. The van der Waals surface area contributed by atoms with Gasteiger partial charge in [-0.25, -0.2) is 8.42 Å². The van der Waals surface area contributed by atoms with Crippen LogP contribution in [0.1, 0.15) is 25.7 Å². The van der Waals surface area contributed by atoms with Crippen molar-refractivity contribution < 1.29 is 12.8 Å². The molecule has 0 radical (unpaired) electrons. The molecule has 0 spiro atoms. The summed E-state index contributed by atoms with van der Waals surface area (Å²) in [5.41, 5.74) is 0.651. The molecule has 1 aromatic heterocycles. The van der Waals surface area contributed by atoms with E-state index in [1.54, 1.807) is 48.5 Å². The van der Waals surface area contributed by atoms with Crippen LogP contribution in [-0.4, -0.2) is 26.5 Å². The Labute approximate surface area is 169 Å².